The molecular formula is C30H34N6O2. The van der Waals surface area contributed by atoms with Gasteiger partial charge in [0.1, 0.15) is 0 Å². The third-order valence-electron chi connectivity index (χ3n) is 6.65. The van der Waals surface area contributed by atoms with Crippen molar-refractivity contribution in [2.75, 3.05) is 42.6 Å². The summed E-state index contributed by atoms with van der Waals surface area (Å²) in [5.41, 5.74) is 6.62. The van der Waals surface area contributed by atoms with E-state index in [9.17, 15) is 9.59 Å². The Morgan fingerprint density at radius 3 is 2.39 bits per heavy atom. The molecule has 0 spiro atoms. The van der Waals surface area contributed by atoms with Crippen molar-refractivity contribution in [3.05, 3.63) is 77.5 Å². The highest BCUT2D eigenvalue weighted by Crippen LogP contribution is 2.28. The average molecular weight is 511 g/mol. The third kappa shape index (κ3) is 6.15. The van der Waals surface area contributed by atoms with Crippen molar-refractivity contribution in [3.8, 4) is 11.1 Å². The van der Waals surface area contributed by atoms with Gasteiger partial charge in [-0.1, -0.05) is 32.0 Å². The van der Waals surface area contributed by atoms with E-state index in [1.54, 1.807) is 19.3 Å². The molecule has 0 saturated carbocycles. The van der Waals surface area contributed by atoms with Gasteiger partial charge in [0.25, 0.3) is 5.91 Å². The fraction of sp³-hybridized carbons (Fsp3) is 0.267. The molecule has 0 bridgehead atoms. The van der Waals surface area contributed by atoms with E-state index in [0.29, 0.717) is 29.4 Å². The Bertz CT molecular complexity index is 1480. The largest absolute Gasteiger partial charge is 0.357 e. The summed E-state index contributed by atoms with van der Waals surface area (Å²) in [6.45, 7) is 9.95. The second-order valence-electron chi connectivity index (χ2n) is 9.24. The molecule has 0 radical (unpaired) electrons. The number of nitrogens with zero attached hydrogens (tertiary/aromatic N) is 3. The molecule has 3 N–H and O–H groups in total. The number of amides is 2. The first-order chi connectivity index (χ1) is 18.3. The van der Waals surface area contributed by atoms with Crippen LogP contribution in [0, 0.1) is 13.8 Å². The number of hydrogen-bond donors (Lipinski definition) is 3. The van der Waals surface area contributed by atoms with Gasteiger partial charge in [0.15, 0.2) is 0 Å². The number of anilines is 3. The molecule has 0 aliphatic rings. The summed E-state index contributed by atoms with van der Waals surface area (Å²) in [4.78, 5) is 36.6. The van der Waals surface area contributed by atoms with E-state index in [4.69, 9.17) is 0 Å². The normalized spacial score (nSPS) is 11.0. The van der Waals surface area contributed by atoms with Gasteiger partial charge >= 0.3 is 0 Å². The summed E-state index contributed by atoms with van der Waals surface area (Å²) in [6, 6.07) is 17.2. The maximum absolute atomic E-state index is 13.2. The maximum atomic E-state index is 13.2. The van der Waals surface area contributed by atoms with Gasteiger partial charge in [0, 0.05) is 35.6 Å². The predicted octanol–water partition coefficient (Wildman–Crippen LogP) is 5.49. The van der Waals surface area contributed by atoms with E-state index in [1.807, 2.05) is 81.1 Å². The van der Waals surface area contributed by atoms with E-state index in [2.05, 4.69) is 25.9 Å². The van der Waals surface area contributed by atoms with Crippen LogP contribution in [-0.4, -0.2) is 53.4 Å². The molecule has 1 heterocycles. The second kappa shape index (κ2) is 11.8. The number of aromatic nitrogens is 2. The first kappa shape index (κ1) is 26.8. The van der Waals surface area contributed by atoms with Crippen LogP contribution in [0.5, 0.6) is 0 Å². The van der Waals surface area contributed by atoms with Crippen molar-refractivity contribution in [1.82, 2.24) is 14.9 Å². The summed E-state index contributed by atoms with van der Waals surface area (Å²) < 4.78 is 0. The molecular weight excluding hydrogens is 476 g/mol. The van der Waals surface area contributed by atoms with Crippen molar-refractivity contribution in [2.45, 2.75) is 27.7 Å². The highest BCUT2D eigenvalue weighted by atomic mass is 16.2. The SMILES string of the molecule is CCN(CC)CC(=O)Nc1cc(NC(=O)c2ccc(C)c(-c3ccc4nc(NC)ncc4c3)c2)ccc1C. The topological polar surface area (TPSA) is 99.3 Å². The minimum atomic E-state index is -0.224. The zero-order chi connectivity index (χ0) is 27.2. The molecule has 4 aromatic rings. The lowest BCUT2D eigenvalue weighted by Crippen LogP contribution is -2.33. The minimum Gasteiger partial charge on any atom is -0.357 e. The number of benzene rings is 3. The van der Waals surface area contributed by atoms with Crippen LogP contribution in [0.15, 0.2) is 60.8 Å². The summed E-state index contributed by atoms with van der Waals surface area (Å²) in [7, 11) is 1.79. The van der Waals surface area contributed by atoms with Crippen LogP contribution >= 0.6 is 0 Å². The quantitative estimate of drug-likeness (QED) is 0.275. The van der Waals surface area contributed by atoms with Crippen molar-refractivity contribution >= 4 is 40.0 Å². The summed E-state index contributed by atoms with van der Waals surface area (Å²) in [6.07, 6.45) is 1.79. The lowest BCUT2D eigenvalue weighted by molar-refractivity contribution is -0.117. The van der Waals surface area contributed by atoms with Gasteiger partial charge in [-0.3, -0.25) is 14.5 Å². The zero-order valence-electron chi connectivity index (χ0n) is 22.6. The number of nitrogens with one attached hydrogen (secondary N) is 3. The Labute approximate surface area is 223 Å². The number of aryl methyl sites for hydroxylation is 2. The number of carbonyl (C=O) groups is 2. The molecule has 0 saturated heterocycles. The van der Waals surface area contributed by atoms with Gasteiger partial charge in [0.2, 0.25) is 11.9 Å². The van der Waals surface area contributed by atoms with Crippen molar-refractivity contribution in [2.24, 2.45) is 0 Å². The van der Waals surface area contributed by atoms with E-state index in [1.165, 1.54) is 0 Å². The molecule has 3 aromatic carbocycles. The Balaban J connectivity index is 1.54. The van der Waals surface area contributed by atoms with Gasteiger partial charge < -0.3 is 16.0 Å². The number of likely N-dealkylation sites (N-methyl/N-ethyl adjacent to an activating group) is 1. The van der Waals surface area contributed by atoms with E-state index < -0.39 is 0 Å². The third-order valence-corrected chi connectivity index (χ3v) is 6.65. The molecule has 0 atom stereocenters. The Hall–Kier alpha value is -4.30. The Morgan fingerprint density at radius 1 is 0.895 bits per heavy atom. The smallest absolute Gasteiger partial charge is 0.255 e. The molecule has 1 aromatic heterocycles. The molecule has 8 nitrogen and oxygen atoms in total. The minimum absolute atomic E-state index is 0.0774. The first-order valence-corrected chi connectivity index (χ1v) is 12.8. The molecule has 2 amide bonds. The molecule has 196 valence electrons. The zero-order valence-corrected chi connectivity index (χ0v) is 22.6. The molecule has 38 heavy (non-hydrogen) atoms. The Kier molecular flexibility index (Phi) is 8.33. The molecule has 0 aliphatic carbocycles. The van der Waals surface area contributed by atoms with Gasteiger partial charge in [-0.2, -0.15) is 0 Å². The van der Waals surface area contributed by atoms with Crippen molar-refractivity contribution in [1.29, 1.82) is 0 Å². The standard InChI is InChI=1S/C30H34N6O2/c1-6-36(7-2)18-28(37)34-27-16-24(12-9-20(27)4)33-29(38)22-10-8-19(3)25(15-22)21-11-13-26-23(14-21)17-32-30(31-5)35-26/h8-17H,6-7,18H2,1-5H3,(H,33,38)(H,34,37)(H,31,32,35). The van der Waals surface area contributed by atoms with Crippen LogP contribution in [0.2, 0.25) is 0 Å². The van der Waals surface area contributed by atoms with Crippen LogP contribution < -0.4 is 16.0 Å². The summed E-state index contributed by atoms with van der Waals surface area (Å²) >= 11 is 0. The van der Waals surface area contributed by atoms with Crippen LogP contribution in [0.3, 0.4) is 0 Å². The molecule has 0 unspecified atom stereocenters. The van der Waals surface area contributed by atoms with Crippen molar-refractivity contribution < 1.29 is 9.59 Å². The molecule has 8 heteroatoms. The Morgan fingerprint density at radius 2 is 1.66 bits per heavy atom. The first-order valence-electron chi connectivity index (χ1n) is 12.8. The maximum Gasteiger partial charge on any atom is 0.255 e. The van der Waals surface area contributed by atoms with Crippen LogP contribution in [0.4, 0.5) is 17.3 Å². The van der Waals surface area contributed by atoms with Gasteiger partial charge in [-0.15, -0.1) is 0 Å². The second-order valence-corrected chi connectivity index (χ2v) is 9.24. The van der Waals surface area contributed by atoms with Gasteiger partial charge in [-0.25, -0.2) is 9.97 Å². The summed E-state index contributed by atoms with van der Waals surface area (Å²) in [5.74, 6) is 0.271. The fourth-order valence-corrected chi connectivity index (χ4v) is 4.27. The lowest BCUT2D eigenvalue weighted by atomic mass is 9.97. The predicted molar refractivity (Wildman–Crippen MR) is 155 cm³/mol. The van der Waals surface area contributed by atoms with E-state index in [-0.39, 0.29) is 11.8 Å². The molecule has 0 aliphatic heterocycles. The number of rotatable bonds is 9. The summed E-state index contributed by atoms with van der Waals surface area (Å²) in [5, 5.41) is 9.83. The van der Waals surface area contributed by atoms with Crippen LogP contribution in [0.1, 0.15) is 35.3 Å². The van der Waals surface area contributed by atoms with Gasteiger partial charge in [0.05, 0.1) is 12.1 Å². The van der Waals surface area contributed by atoms with Crippen LogP contribution in [-0.2, 0) is 4.79 Å². The molecule has 0 fully saturated rings. The lowest BCUT2D eigenvalue weighted by Gasteiger charge is -2.18. The van der Waals surface area contributed by atoms with Crippen molar-refractivity contribution in [3.63, 3.8) is 0 Å². The van der Waals surface area contributed by atoms with Gasteiger partial charge in [-0.05, 0) is 85.6 Å². The highest BCUT2D eigenvalue weighted by molar-refractivity contribution is 6.06. The highest BCUT2D eigenvalue weighted by Gasteiger charge is 2.13. The number of fused-ring (bicyclic) bond motifs is 1. The van der Waals surface area contributed by atoms with E-state index >= 15 is 0 Å². The average Bonchev–Trinajstić information content (AvgIpc) is 2.93. The number of hydrogen-bond acceptors (Lipinski definition) is 6. The molecule has 4 rings (SSSR count). The fourth-order valence-electron chi connectivity index (χ4n) is 4.27. The van der Waals surface area contributed by atoms with E-state index in [0.717, 1.165) is 46.2 Å². The van der Waals surface area contributed by atoms with Crippen LogP contribution in [0.25, 0.3) is 22.0 Å². The number of carbonyl (C=O) groups excluding carboxylic acids is 2. The monoisotopic (exact) mass is 510 g/mol.